The van der Waals surface area contributed by atoms with E-state index in [9.17, 15) is 18.8 Å². The van der Waals surface area contributed by atoms with Crippen LogP contribution in [0.4, 0.5) is 14.9 Å². The number of hydrogen-bond acceptors (Lipinski definition) is 4. The van der Waals surface area contributed by atoms with Crippen molar-refractivity contribution in [2.45, 2.75) is 6.54 Å². The van der Waals surface area contributed by atoms with Crippen molar-refractivity contribution in [1.82, 2.24) is 14.9 Å². The minimum atomic E-state index is -0.898. The molecule has 0 aliphatic heterocycles. The van der Waals surface area contributed by atoms with E-state index in [4.69, 9.17) is 0 Å². The molecule has 0 spiro atoms. The minimum absolute atomic E-state index is 0.0628. The van der Waals surface area contributed by atoms with E-state index in [1.807, 2.05) is 5.32 Å². The van der Waals surface area contributed by atoms with Gasteiger partial charge in [-0.25, -0.2) is 14.2 Å². The number of para-hydroxylation sites is 1. The topological polar surface area (TPSA) is 93.1 Å². The van der Waals surface area contributed by atoms with E-state index in [2.05, 4.69) is 26.2 Å². The molecule has 2 N–H and O–H groups in total. The van der Waals surface area contributed by atoms with Gasteiger partial charge in [0.2, 0.25) is 5.91 Å². The number of carbonyl (C=O) groups excluding carboxylic acids is 2. The Morgan fingerprint density at radius 1 is 1.19 bits per heavy atom. The molecule has 3 amide bonds. The van der Waals surface area contributed by atoms with Crippen molar-refractivity contribution in [2.75, 3.05) is 5.32 Å². The Morgan fingerprint density at radius 2 is 1.96 bits per heavy atom. The Kier molecular flexibility index (Phi) is 5.08. The van der Waals surface area contributed by atoms with Gasteiger partial charge in [-0.1, -0.05) is 28.1 Å². The molecule has 3 rings (SSSR count). The summed E-state index contributed by atoms with van der Waals surface area (Å²) in [5.74, 6) is -1.37. The number of amides is 3. The molecule has 0 aliphatic rings. The van der Waals surface area contributed by atoms with Gasteiger partial charge in [0.05, 0.1) is 22.9 Å². The molecule has 0 saturated heterocycles. The predicted octanol–water partition coefficient (Wildman–Crippen LogP) is 2.65. The first-order chi connectivity index (χ1) is 12.4. The second-order valence-corrected chi connectivity index (χ2v) is 6.24. The van der Waals surface area contributed by atoms with Gasteiger partial charge in [-0.2, -0.15) is 0 Å². The molecule has 7 nitrogen and oxygen atoms in total. The van der Waals surface area contributed by atoms with Crippen LogP contribution in [0.15, 0.2) is 58.1 Å². The Hall–Kier alpha value is -3.07. The van der Waals surface area contributed by atoms with Crippen molar-refractivity contribution in [3.05, 3.63) is 69.4 Å². The summed E-state index contributed by atoms with van der Waals surface area (Å²) in [6, 6.07) is 9.67. The second kappa shape index (κ2) is 7.44. The van der Waals surface area contributed by atoms with Crippen LogP contribution in [-0.2, 0) is 11.3 Å². The molecule has 0 aliphatic carbocycles. The van der Waals surface area contributed by atoms with E-state index in [0.29, 0.717) is 15.4 Å². The van der Waals surface area contributed by atoms with Crippen molar-refractivity contribution in [2.24, 2.45) is 0 Å². The number of nitrogens with zero attached hydrogens (tertiary/aromatic N) is 2. The number of nitrogens with one attached hydrogen (secondary N) is 2. The smallest absolute Gasteiger partial charge is 0.305 e. The van der Waals surface area contributed by atoms with E-state index in [1.165, 1.54) is 24.5 Å². The third kappa shape index (κ3) is 3.94. The maximum Gasteiger partial charge on any atom is 0.326 e. The normalized spacial score (nSPS) is 10.5. The second-order valence-electron chi connectivity index (χ2n) is 5.32. The van der Waals surface area contributed by atoms with Crippen LogP contribution < -0.4 is 16.2 Å². The summed E-state index contributed by atoms with van der Waals surface area (Å²) in [4.78, 5) is 40.3. The van der Waals surface area contributed by atoms with E-state index < -0.39 is 29.9 Å². The Bertz CT molecular complexity index is 1070. The van der Waals surface area contributed by atoms with Crippen molar-refractivity contribution in [3.63, 3.8) is 0 Å². The van der Waals surface area contributed by atoms with E-state index >= 15 is 0 Å². The Morgan fingerprint density at radius 3 is 2.73 bits per heavy atom. The van der Waals surface area contributed by atoms with Gasteiger partial charge in [-0.05, 0) is 30.3 Å². The molecule has 26 heavy (non-hydrogen) atoms. The first kappa shape index (κ1) is 17.7. The fourth-order valence-corrected chi connectivity index (χ4v) is 2.64. The lowest BCUT2D eigenvalue weighted by atomic mass is 10.2. The maximum atomic E-state index is 13.5. The van der Waals surface area contributed by atoms with E-state index in [0.717, 1.165) is 4.57 Å². The lowest BCUT2D eigenvalue weighted by Gasteiger charge is -2.09. The van der Waals surface area contributed by atoms with Crippen LogP contribution in [-0.4, -0.2) is 21.5 Å². The minimum Gasteiger partial charge on any atom is -0.305 e. The maximum absolute atomic E-state index is 13.5. The molecular weight excluding hydrogens is 407 g/mol. The molecule has 1 aromatic heterocycles. The number of halogens is 2. The van der Waals surface area contributed by atoms with E-state index in [-0.39, 0.29) is 5.69 Å². The highest BCUT2D eigenvalue weighted by atomic mass is 79.9. The zero-order chi connectivity index (χ0) is 18.7. The summed E-state index contributed by atoms with van der Waals surface area (Å²) >= 11 is 3.27. The average molecular weight is 419 g/mol. The molecule has 1 heterocycles. The standard InChI is InChI=1S/C17H12BrFN4O3/c18-10-5-6-13-11(7-10)16(25)23(9-20-13)8-15(24)22-17(26)21-14-4-2-1-3-12(14)19/h1-7,9H,8H2,(H2,21,22,24,26). The van der Waals surface area contributed by atoms with Crippen LogP contribution in [0, 0.1) is 5.82 Å². The number of benzene rings is 2. The monoisotopic (exact) mass is 418 g/mol. The fraction of sp³-hybridized carbons (Fsp3) is 0.0588. The summed E-state index contributed by atoms with van der Waals surface area (Å²) in [5, 5.41) is 4.60. The van der Waals surface area contributed by atoms with Crippen molar-refractivity contribution >= 4 is 44.5 Å². The first-order valence-electron chi connectivity index (χ1n) is 7.44. The van der Waals surface area contributed by atoms with Crippen molar-refractivity contribution in [1.29, 1.82) is 0 Å². The van der Waals surface area contributed by atoms with Crippen LogP contribution in [0.1, 0.15) is 0 Å². The van der Waals surface area contributed by atoms with Gasteiger partial charge in [-0.15, -0.1) is 0 Å². The van der Waals surface area contributed by atoms with Crippen molar-refractivity contribution in [3.8, 4) is 0 Å². The van der Waals surface area contributed by atoms with Gasteiger partial charge in [0, 0.05) is 4.47 Å². The quantitative estimate of drug-likeness (QED) is 0.683. The molecule has 3 aromatic rings. The lowest BCUT2D eigenvalue weighted by Crippen LogP contribution is -2.38. The van der Waals surface area contributed by atoms with Crippen LogP contribution >= 0.6 is 15.9 Å². The number of aromatic nitrogens is 2. The van der Waals surface area contributed by atoms with Gasteiger partial charge in [0.1, 0.15) is 12.4 Å². The molecule has 0 unspecified atom stereocenters. The van der Waals surface area contributed by atoms with Gasteiger partial charge in [0.15, 0.2) is 0 Å². The highest BCUT2D eigenvalue weighted by Gasteiger charge is 2.12. The van der Waals surface area contributed by atoms with Crippen molar-refractivity contribution < 1.29 is 14.0 Å². The number of hydrogen-bond donors (Lipinski definition) is 2. The molecule has 2 aromatic carbocycles. The zero-order valence-corrected chi connectivity index (χ0v) is 14.8. The Balaban J connectivity index is 1.71. The number of urea groups is 1. The largest absolute Gasteiger partial charge is 0.326 e. The summed E-state index contributed by atoms with van der Waals surface area (Å²) < 4.78 is 15.3. The van der Waals surface area contributed by atoms with Crippen LogP contribution in [0.3, 0.4) is 0 Å². The average Bonchev–Trinajstić information content (AvgIpc) is 2.60. The third-order valence-electron chi connectivity index (χ3n) is 3.48. The van der Waals surface area contributed by atoms with Gasteiger partial charge in [0.25, 0.3) is 5.56 Å². The number of anilines is 1. The molecular formula is C17H12BrFN4O3. The van der Waals surface area contributed by atoms with Crippen LogP contribution in [0.25, 0.3) is 10.9 Å². The van der Waals surface area contributed by atoms with Gasteiger partial charge in [-0.3, -0.25) is 19.5 Å². The van der Waals surface area contributed by atoms with E-state index in [1.54, 1.807) is 24.3 Å². The molecule has 0 atom stereocenters. The number of carbonyl (C=O) groups is 2. The number of fused-ring (bicyclic) bond motifs is 1. The van der Waals surface area contributed by atoms with Gasteiger partial charge >= 0.3 is 6.03 Å². The Labute approximate surface area is 155 Å². The first-order valence-corrected chi connectivity index (χ1v) is 8.23. The zero-order valence-electron chi connectivity index (χ0n) is 13.2. The molecule has 9 heteroatoms. The SMILES string of the molecule is O=C(Cn1cnc2ccc(Br)cc2c1=O)NC(=O)Nc1ccccc1F. The predicted molar refractivity (Wildman–Crippen MR) is 97.3 cm³/mol. The van der Waals surface area contributed by atoms with Crippen LogP contribution in [0.2, 0.25) is 0 Å². The highest BCUT2D eigenvalue weighted by Crippen LogP contribution is 2.15. The lowest BCUT2D eigenvalue weighted by molar-refractivity contribution is -0.120. The highest BCUT2D eigenvalue weighted by molar-refractivity contribution is 9.10. The third-order valence-corrected chi connectivity index (χ3v) is 3.97. The summed E-state index contributed by atoms with van der Waals surface area (Å²) in [5.41, 5.74) is 0.0142. The van der Waals surface area contributed by atoms with Gasteiger partial charge < -0.3 is 5.32 Å². The molecule has 0 saturated carbocycles. The fourth-order valence-electron chi connectivity index (χ4n) is 2.28. The summed E-state index contributed by atoms with van der Waals surface area (Å²) in [6.45, 7) is -0.404. The molecule has 132 valence electrons. The molecule has 0 fully saturated rings. The number of rotatable bonds is 3. The molecule has 0 bridgehead atoms. The molecule has 0 radical (unpaired) electrons. The number of imide groups is 1. The summed E-state index contributed by atoms with van der Waals surface area (Å²) in [6.07, 6.45) is 1.23. The van der Waals surface area contributed by atoms with Crippen LogP contribution in [0.5, 0.6) is 0 Å². The summed E-state index contributed by atoms with van der Waals surface area (Å²) in [7, 11) is 0.